The minimum absolute atomic E-state index is 0.0492. The Kier molecular flexibility index (Phi) is 4.27. The number of rotatable bonds is 3. The molecule has 0 aliphatic heterocycles. The van der Waals surface area contributed by atoms with E-state index in [2.05, 4.69) is 10.2 Å². The highest BCUT2D eigenvalue weighted by Gasteiger charge is 2.13. The Balaban J connectivity index is 1.79. The van der Waals surface area contributed by atoms with Crippen molar-refractivity contribution in [3.05, 3.63) is 87.8 Å². The van der Waals surface area contributed by atoms with Gasteiger partial charge in [-0.15, -0.1) is 0 Å². The van der Waals surface area contributed by atoms with E-state index in [4.69, 9.17) is 11.5 Å². The molecule has 140 valence electrons. The van der Waals surface area contributed by atoms with Crippen LogP contribution < -0.4 is 17.0 Å². The van der Waals surface area contributed by atoms with Crippen molar-refractivity contribution in [2.75, 3.05) is 11.5 Å². The Hall–Kier alpha value is -3.74. The van der Waals surface area contributed by atoms with Crippen LogP contribution in [-0.4, -0.2) is 10.2 Å². The van der Waals surface area contributed by atoms with Crippen molar-refractivity contribution in [1.82, 2.24) is 10.2 Å². The summed E-state index contributed by atoms with van der Waals surface area (Å²) in [7, 11) is 0. The number of aromatic nitrogens is 2. The van der Waals surface area contributed by atoms with E-state index in [-0.39, 0.29) is 22.5 Å². The molecule has 1 aromatic heterocycles. The minimum atomic E-state index is -0.701. The molecule has 4 aromatic rings. The fourth-order valence-corrected chi connectivity index (χ4v) is 3.20. The Labute approximate surface area is 158 Å². The highest BCUT2D eigenvalue weighted by atomic mass is 19.1. The summed E-state index contributed by atoms with van der Waals surface area (Å²) in [5, 5.41) is 7.87. The lowest BCUT2D eigenvalue weighted by atomic mass is 9.98. The molecule has 0 atom stereocenters. The Morgan fingerprint density at radius 1 is 0.929 bits per heavy atom. The number of halogens is 2. The van der Waals surface area contributed by atoms with Crippen molar-refractivity contribution in [3.63, 3.8) is 0 Å². The van der Waals surface area contributed by atoms with E-state index in [0.717, 1.165) is 17.0 Å². The van der Waals surface area contributed by atoms with Gasteiger partial charge >= 0.3 is 0 Å². The van der Waals surface area contributed by atoms with Crippen LogP contribution in [0.5, 0.6) is 0 Å². The average molecular weight is 378 g/mol. The highest BCUT2D eigenvalue weighted by Crippen LogP contribution is 2.31. The van der Waals surface area contributed by atoms with Crippen molar-refractivity contribution < 1.29 is 8.78 Å². The molecule has 5 nitrogen and oxygen atoms in total. The summed E-state index contributed by atoms with van der Waals surface area (Å²) in [5.41, 5.74) is 12.8. The van der Waals surface area contributed by atoms with E-state index in [0.29, 0.717) is 23.1 Å². The van der Waals surface area contributed by atoms with Crippen molar-refractivity contribution in [2.24, 2.45) is 0 Å². The van der Waals surface area contributed by atoms with Crippen LogP contribution in [-0.2, 0) is 6.42 Å². The second-order valence-corrected chi connectivity index (χ2v) is 6.50. The van der Waals surface area contributed by atoms with Gasteiger partial charge in [-0.2, -0.15) is 5.10 Å². The highest BCUT2D eigenvalue weighted by molar-refractivity contribution is 5.83. The average Bonchev–Trinajstić information content (AvgIpc) is 2.69. The van der Waals surface area contributed by atoms with Gasteiger partial charge in [-0.3, -0.25) is 4.79 Å². The Morgan fingerprint density at radius 3 is 2.43 bits per heavy atom. The van der Waals surface area contributed by atoms with E-state index in [1.54, 1.807) is 24.3 Å². The Morgan fingerprint density at radius 2 is 1.68 bits per heavy atom. The maximum Gasteiger partial charge on any atom is 0.272 e. The molecule has 3 aromatic carbocycles. The third-order valence-electron chi connectivity index (χ3n) is 4.65. The third kappa shape index (κ3) is 3.07. The van der Waals surface area contributed by atoms with Gasteiger partial charge in [-0.25, -0.2) is 13.9 Å². The van der Waals surface area contributed by atoms with E-state index in [1.165, 1.54) is 12.1 Å². The van der Waals surface area contributed by atoms with Crippen molar-refractivity contribution in [2.45, 2.75) is 6.42 Å². The summed E-state index contributed by atoms with van der Waals surface area (Å²) < 4.78 is 28.4. The van der Waals surface area contributed by atoms with Crippen molar-refractivity contribution in [1.29, 1.82) is 0 Å². The number of fused-ring (bicyclic) bond motifs is 1. The molecule has 28 heavy (non-hydrogen) atoms. The zero-order chi connectivity index (χ0) is 19.8. The number of hydrogen-bond acceptors (Lipinski definition) is 4. The fourth-order valence-electron chi connectivity index (χ4n) is 3.20. The molecule has 4 rings (SSSR count). The zero-order valence-electron chi connectivity index (χ0n) is 14.7. The second-order valence-electron chi connectivity index (χ2n) is 6.50. The number of hydrogen-bond donors (Lipinski definition) is 3. The number of nitrogens with one attached hydrogen (secondary N) is 1. The summed E-state index contributed by atoms with van der Waals surface area (Å²) in [6.45, 7) is 0. The van der Waals surface area contributed by atoms with E-state index in [1.807, 2.05) is 12.1 Å². The van der Waals surface area contributed by atoms with Crippen LogP contribution in [0.3, 0.4) is 0 Å². The molecule has 0 bridgehead atoms. The largest absolute Gasteiger partial charge is 0.397 e. The zero-order valence-corrected chi connectivity index (χ0v) is 14.7. The minimum Gasteiger partial charge on any atom is -0.397 e. The normalized spacial score (nSPS) is 11.1. The summed E-state index contributed by atoms with van der Waals surface area (Å²) in [5.74, 6) is -1.21. The van der Waals surface area contributed by atoms with Crippen LogP contribution in [0.4, 0.5) is 20.2 Å². The van der Waals surface area contributed by atoms with Crippen LogP contribution in [0, 0.1) is 11.6 Å². The summed E-state index contributed by atoms with van der Waals surface area (Å²) >= 11 is 0. The molecule has 0 fully saturated rings. The monoisotopic (exact) mass is 378 g/mol. The first-order valence-corrected chi connectivity index (χ1v) is 8.53. The summed E-state index contributed by atoms with van der Waals surface area (Å²) in [6, 6.07) is 14.3. The van der Waals surface area contributed by atoms with Crippen molar-refractivity contribution >= 4 is 22.1 Å². The summed E-state index contributed by atoms with van der Waals surface area (Å²) in [6.07, 6.45) is 0.359. The first-order chi connectivity index (χ1) is 13.4. The van der Waals surface area contributed by atoms with Gasteiger partial charge in [-0.05, 0) is 41.5 Å². The predicted molar refractivity (Wildman–Crippen MR) is 106 cm³/mol. The van der Waals surface area contributed by atoms with Gasteiger partial charge in [0.2, 0.25) is 0 Å². The standard InChI is InChI=1S/C21H16F2N4O/c22-16-6-5-11(7-15(16)12-9-17(23)20(25)18(24)10-12)8-19-13-3-1-2-4-14(13)21(28)27-26-19/h1-7,9-10H,8,24-25H2,(H,27,28). The van der Waals surface area contributed by atoms with Crippen molar-refractivity contribution in [3.8, 4) is 11.1 Å². The number of benzene rings is 3. The van der Waals surface area contributed by atoms with Gasteiger partial charge in [0.25, 0.3) is 5.56 Å². The maximum atomic E-state index is 14.4. The van der Waals surface area contributed by atoms with Gasteiger partial charge in [0, 0.05) is 17.4 Å². The molecule has 7 heteroatoms. The summed E-state index contributed by atoms with van der Waals surface area (Å²) in [4.78, 5) is 11.9. The Bertz CT molecular complexity index is 1240. The first-order valence-electron chi connectivity index (χ1n) is 8.53. The number of nitrogen functional groups attached to an aromatic ring is 2. The molecule has 1 heterocycles. The van der Waals surface area contributed by atoms with Crippen LogP contribution in [0.15, 0.2) is 59.4 Å². The van der Waals surface area contributed by atoms with Gasteiger partial charge in [0.15, 0.2) is 0 Å². The van der Waals surface area contributed by atoms with Gasteiger partial charge < -0.3 is 11.5 Å². The quantitative estimate of drug-likeness (QED) is 0.474. The van der Waals surface area contributed by atoms with E-state index in [9.17, 15) is 13.6 Å². The molecule has 0 spiro atoms. The predicted octanol–water partition coefficient (Wildman–Crippen LogP) is 3.62. The number of aromatic amines is 1. The lowest BCUT2D eigenvalue weighted by Gasteiger charge is -2.10. The van der Waals surface area contributed by atoms with Crippen LogP contribution in [0.1, 0.15) is 11.3 Å². The lowest BCUT2D eigenvalue weighted by molar-refractivity contribution is 0.627. The molecular weight excluding hydrogens is 362 g/mol. The SMILES string of the molecule is Nc1cc(-c2cc(Cc3n[nH]c(=O)c4ccccc34)ccc2F)cc(F)c1N. The molecule has 0 saturated carbocycles. The number of nitrogens with two attached hydrogens (primary N) is 2. The fraction of sp³-hybridized carbons (Fsp3) is 0.0476. The molecule has 0 unspecified atom stereocenters. The van der Waals surface area contributed by atoms with E-state index < -0.39 is 11.6 Å². The van der Waals surface area contributed by atoms with Crippen LogP contribution in [0.25, 0.3) is 21.9 Å². The molecule has 0 radical (unpaired) electrons. The molecular formula is C21H16F2N4O. The first kappa shape index (κ1) is 17.7. The van der Waals surface area contributed by atoms with Gasteiger partial charge in [0.1, 0.15) is 11.6 Å². The number of anilines is 2. The topological polar surface area (TPSA) is 97.8 Å². The van der Waals surface area contributed by atoms with Gasteiger partial charge in [-0.1, -0.05) is 24.3 Å². The molecule has 0 aliphatic carbocycles. The molecule has 0 amide bonds. The molecule has 5 N–H and O–H groups in total. The smallest absolute Gasteiger partial charge is 0.272 e. The van der Waals surface area contributed by atoms with Gasteiger partial charge in [0.05, 0.1) is 22.5 Å². The molecule has 0 aliphatic rings. The second kappa shape index (κ2) is 6.77. The third-order valence-corrected chi connectivity index (χ3v) is 4.65. The van der Waals surface area contributed by atoms with Crippen LogP contribution in [0.2, 0.25) is 0 Å². The maximum absolute atomic E-state index is 14.4. The lowest BCUT2D eigenvalue weighted by Crippen LogP contribution is -2.11. The van der Waals surface area contributed by atoms with E-state index >= 15 is 0 Å². The van der Waals surface area contributed by atoms with Crippen LogP contribution >= 0.6 is 0 Å². The molecule has 0 saturated heterocycles. The number of nitrogens with zero attached hydrogens (tertiary/aromatic N) is 1. The number of H-pyrrole nitrogens is 1.